The van der Waals surface area contributed by atoms with E-state index in [0.717, 1.165) is 5.56 Å². The van der Waals surface area contributed by atoms with E-state index in [0.29, 0.717) is 0 Å². The predicted molar refractivity (Wildman–Crippen MR) is 64.2 cm³/mol. The minimum atomic E-state index is -0.981. The highest BCUT2D eigenvalue weighted by molar-refractivity contribution is 5.76. The predicted octanol–water partition coefficient (Wildman–Crippen LogP) is 2.85. The molecule has 1 fully saturated rings. The van der Waals surface area contributed by atoms with E-state index in [9.17, 15) is 4.79 Å². The highest BCUT2D eigenvalue weighted by Crippen LogP contribution is 2.48. The first-order valence-corrected chi connectivity index (χ1v) is 5.83. The molecule has 0 spiro atoms. The summed E-state index contributed by atoms with van der Waals surface area (Å²) in [4.78, 5) is 11.7. The van der Waals surface area contributed by atoms with Gasteiger partial charge in [-0.2, -0.15) is 0 Å². The Kier molecular flexibility index (Phi) is 2.74. The Morgan fingerprint density at radius 2 is 1.76 bits per heavy atom. The van der Waals surface area contributed by atoms with Crippen molar-refractivity contribution in [2.75, 3.05) is 0 Å². The van der Waals surface area contributed by atoms with Crippen molar-refractivity contribution in [3.8, 4) is 0 Å². The molecule has 0 aliphatic carbocycles. The van der Waals surface area contributed by atoms with Crippen LogP contribution in [0, 0.1) is 5.41 Å². The molecule has 0 saturated carbocycles. The lowest BCUT2D eigenvalue weighted by atomic mass is 9.81. The Bertz CT molecular complexity index is 419. The van der Waals surface area contributed by atoms with Gasteiger partial charge < -0.3 is 9.47 Å². The van der Waals surface area contributed by atoms with Crippen molar-refractivity contribution in [2.45, 2.75) is 39.6 Å². The van der Waals surface area contributed by atoms with Gasteiger partial charge in [-0.25, -0.2) is 4.79 Å². The van der Waals surface area contributed by atoms with Crippen LogP contribution in [0.25, 0.3) is 0 Å². The summed E-state index contributed by atoms with van der Waals surface area (Å²) in [5.74, 6) is -1.28. The largest absolute Gasteiger partial charge is 0.426 e. The average molecular weight is 234 g/mol. The van der Waals surface area contributed by atoms with E-state index in [1.807, 2.05) is 51.1 Å². The average Bonchev–Trinajstić information content (AvgIpc) is 2.57. The third kappa shape index (κ3) is 1.84. The maximum atomic E-state index is 11.7. The lowest BCUT2D eigenvalue weighted by Gasteiger charge is -2.39. The molecular weight excluding hydrogens is 216 g/mol. The summed E-state index contributed by atoms with van der Waals surface area (Å²) in [7, 11) is 0. The van der Waals surface area contributed by atoms with Crippen LogP contribution in [0.3, 0.4) is 0 Å². The first-order chi connectivity index (χ1) is 7.87. The number of ether oxygens (including phenoxy) is 2. The Hall–Kier alpha value is -1.35. The first-order valence-electron chi connectivity index (χ1n) is 5.83. The van der Waals surface area contributed by atoms with Crippen LogP contribution in [0.2, 0.25) is 0 Å². The summed E-state index contributed by atoms with van der Waals surface area (Å²) >= 11 is 0. The highest BCUT2D eigenvalue weighted by atomic mass is 16.8. The van der Waals surface area contributed by atoms with Gasteiger partial charge in [-0.05, 0) is 6.92 Å². The zero-order valence-electron chi connectivity index (χ0n) is 10.7. The highest BCUT2D eigenvalue weighted by Gasteiger charge is 2.55. The third-order valence-corrected chi connectivity index (χ3v) is 3.06. The second kappa shape index (κ2) is 3.84. The van der Waals surface area contributed by atoms with Crippen LogP contribution in [0.1, 0.15) is 33.3 Å². The molecule has 3 nitrogen and oxygen atoms in total. The molecule has 0 aromatic heterocycles. The smallest absolute Gasteiger partial charge is 0.337 e. The summed E-state index contributed by atoms with van der Waals surface area (Å²) in [5.41, 5.74) is 0.555. The number of carbonyl (C=O) groups excluding carboxylic acids is 1. The van der Waals surface area contributed by atoms with E-state index >= 15 is 0 Å². The zero-order chi connectivity index (χ0) is 12.7. The van der Waals surface area contributed by atoms with Crippen molar-refractivity contribution >= 4 is 5.97 Å². The monoisotopic (exact) mass is 234 g/mol. The molecule has 2 atom stereocenters. The number of rotatable bonds is 1. The molecule has 0 radical (unpaired) electrons. The molecule has 2 unspecified atom stereocenters. The van der Waals surface area contributed by atoms with Gasteiger partial charge >= 0.3 is 5.97 Å². The molecule has 1 aliphatic heterocycles. The van der Waals surface area contributed by atoms with Gasteiger partial charge in [0.15, 0.2) is 6.10 Å². The summed E-state index contributed by atoms with van der Waals surface area (Å²) in [6, 6.07) is 9.62. The summed E-state index contributed by atoms with van der Waals surface area (Å²) in [6.45, 7) is 7.74. The number of benzene rings is 1. The Labute approximate surface area is 102 Å². The second-order valence-electron chi connectivity index (χ2n) is 5.41. The number of carbonyl (C=O) groups is 1. The number of cyclic esters (lactones) is 1. The fourth-order valence-electron chi connectivity index (χ4n) is 2.09. The fourth-order valence-corrected chi connectivity index (χ4v) is 2.09. The molecule has 92 valence electrons. The Morgan fingerprint density at radius 3 is 2.18 bits per heavy atom. The molecule has 1 aliphatic rings. The van der Waals surface area contributed by atoms with Crippen molar-refractivity contribution in [1.82, 2.24) is 0 Å². The molecule has 0 amide bonds. The van der Waals surface area contributed by atoms with Crippen LogP contribution < -0.4 is 0 Å². The number of hydrogen-bond acceptors (Lipinski definition) is 3. The Balaban J connectivity index is 2.51. The molecule has 1 aromatic rings. The number of esters is 1. The van der Waals surface area contributed by atoms with Crippen LogP contribution in [0.15, 0.2) is 30.3 Å². The molecule has 1 saturated heterocycles. The normalized spacial score (nSPS) is 29.2. The van der Waals surface area contributed by atoms with Crippen LogP contribution in [0.4, 0.5) is 0 Å². The minimum Gasteiger partial charge on any atom is -0.426 e. The van der Waals surface area contributed by atoms with Crippen molar-refractivity contribution in [2.24, 2.45) is 5.41 Å². The van der Waals surface area contributed by atoms with Gasteiger partial charge in [0.05, 0.1) is 0 Å². The fraction of sp³-hybridized carbons (Fsp3) is 0.500. The summed E-state index contributed by atoms with van der Waals surface area (Å²) < 4.78 is 11.4. The summed E-state index contributed by atoms with van der Waals surface area (Å²) in [5, 5.41) is 0. The zero-order valence-corrected chi connectivity index (χ0v) is 10.7. The van der Waals surface area contributed by atoms with Gasteiger partial charge in [-0.1, -0.05) is 51.1 Å². The van der Waals surface area contributed by atoms with E-state index in [-0.39, 0.29) is 11.4 Å². The van der Waals surface area contributed by atoms with Crippen molar-refractivity contribution in [1.29, 1.82) is 0 Å². The van der Waals surface area contributed by atoms with Crippen molar-refractivity contribution < 1.29 is 14.3 Å². The van der Waals surface area contributed by atoms with Crippen LogP contribution in [-0.2, 0) is 20.1 Å². The van der Waals surface area contributed by atoms with Gasteiger partial charge in [-0.15, -0.1) is 0 Å². The van der Waals surface area contributed by atoms with Gasteiger partial charge in [0.25, 0.3) is 0 Å². The van der Waals surface area contributed by atoms with Crippen LogP contribution >= 0.6 is 0 Å². The number of hydrogen-bond donors (Lipinski definition) is 0. The lowest BCUT2D eigenvalue weighted by molar-refractivity contribution is -0.238. The van der Waals surface area contributed by atoms with E-state index < -0.39 is 11.9 Å². The van der Waals surface area contributed by atoms with E-state index in [1.54, 1.807) is 6.92 Å². The third-order valence-electron chi connectivity index (χ3n) is 3.06. The molecule has 1 heterocycles. The van der Waals surface area contributed by atoms with E-state index in [1.165, 1.54) is 0 Å². The first kappa shape index (κ1) is 12.1. The minimum absolute atomic E-state index is 0.302. The molecule has 17 heavy (non-hydrogen) atoms. The van der Waals surface area contributed by atoms with Gasteiger partial charge in [0, 0.05) is 11.0 Å². The molecule has 2 rings (SSSR count). The van der Waals surface area contributed by atoms with Gasteiger partial charge in [0.2, 0.25) is 5.79 Å². The molecule has 0 N–H and O–H groups in total. The van der Waals surface area contributed by atoms with Crippen LogP contribution in [-0.4, -0.2) is 12.1 Å². The van der Waals surface area contributed by atoms with E-state index in [2.05, 4.69) is 0 Å². The van der Waals surface area contributed by atoms with Crippen molar-refractivity contribution in [3.05, 3.63) is 35.9 Å². The Morgan fingerprint density at radius 1 is 1.18 bits per heavy atom. The lowest BCUT2D eigenvalue weighted by Crippen LogP contribution is -2.41. The van der Waals surface area contributed by atoms with Gasteiger partial charge in [0.1, 0.15) is 0 Å². The molecule has 1 aromatic carbocycles. The maximum Gasteiger partial charge on any atom is 0.337 e. The second-order valence-corrected chi connectivity index (χ2v) is 5.41. The topological polar surface area (TPSA) is 35.5 Å². The summed E-state index contributed by atoms with van der Waals surface area (Å²) in [6.07, 6.45) is -0.519. The van der Waals surface area contributed by atoms with Crippen LogP contribution in [0.5, 0.6) is 0 Å². The molecule has 3 heteroatoms. The maximum absolute atomic E-state index is 11.7. The standard InChI is InChI=1S/C14H18O3/c1-10-12(15)17-14(16-10,13(2,3)4)11-8-6-5-7-9-11/h5-10H,1-4H3. The molecular formula is C14H18O3. The molecule has 0 bridgehead atoms. The SMILES string of the molecule is CC1OC(c2ccccc2)(C(C)(C)C)OC1=O. The van der Waals surface area contributed by atoms with Gasteiger partial charge in [-0.3, -0.25) is 0 Å². The quantitative estimate of drug-likeness (QED) is 0.701. The van der Waals surface area contributed by atoms with E-state index in [4.69, 9.17) is 9.47 Å². The van der Waals surface area contributed by atoms with Crippen molar-refractivity contribution in [3.63, 3.8) is 0 Å².